The number of rotatable bonds is 13. The molecule has 0 fully saturated rings. The average Bonchev–Trinajstić information content (AvgIpc) is 3.30. The second-order valence-electron chi connectivity index (χ2n) is 9.54. The van der Waals surface area contributed by atoms with Crippen LogP contribution in [0.1, 0.15) is 50.8 Å². The van der Waals surface area contributed by atoms with Crippen LogP contribution in [0.15, 0.2) is 78.9 Å². The molecule has 0 aliphatic heterocycles. The van der Waals surface area contributed by atoms with Gasteiger partial charge in [0.1, 0.15) is 5.82 Å². The van der Waals surface area contributed by atoms with Gasteiger partial charge in [-0.1, -0.05) is 93.4 Å². The smallest absolute Gasteiger partial charge is 0.160 e. The molecule has 0 amide bonds. The van der Waals surface area contributed by atoms with Crippen molar-refractivity contribution in [3.05, 3.63) is 90.1 Å². The molecule has 0 unspecified atom stereocenters. The van der Waals surface area contributed by atoms with E-state index in [0.29, 0.717) is 5.75 Å². The molecule has 1 N–H and O–H groups in total. The summed E-state index contributed by atoms with van der Waals surface area (Å²) in [6.45, 7) is 7.94. The molecule has 0 atom stereocenters. The molecule has 0 spiro atoms. The molecule has 5 heteroatoms. The van der Waals surface area contributed by atoms with E-state index < -0.39 is 0 Å². The number of aromatic nitrogens is 2. The van der Waals surface area contributed by atoms with Crippen molar-refractivity contribution in [2.45, 2.75) is 59.2 Å². The van der Waals surface area contributed by atoms with E-state index in [0.717, 1.165) is 80.1 Å². The Morgan fingerprint density at radius 2 is 1.51 bits per heavy atom. The van der Waals surface area contributed by atoms with Crippen molar-refractivity contribution in [2.24, 2.45) is 0 Å². The lowest BCUT2D eigenvalue weighted by atomic mass is 10.1. The van der Waals surface area contributed by atoms with Crippen molar-refractivity contribution in [3.8, 4) is 34.1 Å². The minimum Gasteiger partial charge on any atom is -0.504 e. The summed E-state index contributed by atoms with van der Waals surface area (Å²) >= 11 is 0. The summed E-state index contributed by atoms with van der Waals surface area (Å²) < 4.78 is 7.82. The van der Waals surface area contributed by atoms with E-state index in [2.05, 4.69) is 84.0 Å². The van der Waals surface area contributed by atoms with Gasteiger partial charge in [-0.05, 0) is 37.1 Å². The minimum absolute atomic E-state index is 0.169. The van der Waals surface area contributed by atoms with Crippen molar-refractivity contribution in [2.75, 3.05) is 13.7 Å². The highest BCUT2D eigenvalue weighted by Crippen LogP contribution is 2.32. The monoisotopic (exact) mass is 497 g/mol. The van der Waals surface area contributed by atoms with Gasteiger partial charge in [-0.15, -0.1) is 0 Å². The van der Waals surface area contributed by atoms with Gasteiger partial charge in [0.25, 0.3) is 0 Å². The highest BCUT2D eigenvalue weighted by Gasteiger charge is 2.22. The molecule has 1 heterocycles. The van der Waals surface area contributed by atoms with Gasteiger partial charge in [0, 0.05) is 30.8 Å². The van der Waals surface area contributed by atoms with Crippen molar-refractivity contribution in [1.29, 1.82) is 0 Å². The van der Waals surface area contributed by atoms with Crippen molar-refractivity contribution >= 4 is 0 Å². The van der Waals surface area contributed by atoms with Crippen LogP contribution in [-0.4, -0.2) is 33.2 Å². The predicted molar refractivity (Wildman–Crippen MR) is 152 cm³/mol. The lowest BCUT2D eigenvalue weighted by molar-refractivity contribution is 0.246. The first-order chi connectivity index (χ1) is 18.1. The fourth-order valence-corrected chi connectivity index (χ4v) is 4.72. The van der Waals surface area contributed by atoms with Crippen LogP contribution in [0.2, 0.25) is 0 Å². The Morgan fingerprint density at radius 1 is 0.838 bits per heavy atom. The number of imidazole rings is 1. The maximum absolute atomic E-state index is 10.1. The van der Waals surface area contributed by atoms with Gasteiger partial charge in [-0.2, -0.15) is 0 Å². The van der Waals surface area contributed by atoms with Crippen LogP contribution in [0.5, 0.6) is 11.5 Å². The Morgan fingerprint density at radius 3 is 2.16 bits per heavy atom. The number of phenols is 1. The lowest BCUT2D eigenvalue weighted by Gasteiger charge is -2.24. The first kappa shape index (κ1) is 26.5. The van der Waals surface area contributed by atoms with E-state index in [1.54, 1.807) is 13.2 Å². The molecule has 4 rings (SSSR count). The number of methoxy groups -OCH3 is 1. The SMILES string of the molecule is CCCCN(Cc1ccc(O)c(OC)c1)Cc1c(-c2ccccc2)nc(-c2ccccc2)n1CCCC. The largest absolute Gasteiger partial charge is 0.504 e. The van der Waals surface area contributed by atoms with Crippen LogP contribution >= 0.6 is 0 Å². The van der Waals surface area contributed by atoms with Gasteiger partial charge >= 0.3 is 0 Å². The van der Waals surface area contributed by atoms with Gasteiger partial charge < -0.3 is 14.4 Å². The fourth-order valence-electron chi connectivity index (χ4n) is 4.72. The molecular formula is C32H39N3O2. The Kier molecular flexibility index (Phi) is 9.39. The van der Waals surface area contributed by atoms with E-state index in [9.17, 15) is 5.11 Å². The Hall–Kier alpha value is -3.57. The van der Waals surface area contributed by atoms with E-state index in [-0.39, 0.29) is 5.75 Å². The molecular weight excluding hydrogens is 458 g/mol. The molecule has 5 nitrogen and oxygen atoms in total. The lowest BCUT2D eigenvalue weighted by Crippen LogP contribution is -2.26. The van der Waals surface area contributed by atoms with Crippen LogP contribution < -0.4 is 4.74 Å². The van der Waals surface area contributed by atoms with E-state index >= 15 is 0 Å². The molecule has 1 aromatic heterocycles. The predicted octanol–water partition coefficient (Wildman–Crippen LogP) is 7.53. The Bertz CT molecular complexity index is 1250. The van der Waals surface area contributed by atoms with Crippen LogP contribution in [-0.2, 0) is 19.6 Å². The van der Waals surface area contributed by atoms with Crippen LogP contribution in [0.3, 0.4) is 0 Å². The number of hydrogen-bond donors (Lipinski definition) is 1. The summed E-state index contributed by atoms with van der Waals surface area (Å²) in [5.74, 6) is 1.71. The first-order valence-electron chi connectivity index (χ1n) is 13.4. The summed E-state index contributed by atoms with van der Waals surface area (Å²) in [7, 11) is 1.59. The van der Waals surface area contributed by atoms with Gasteiger partial charge in [0.15, 0.2) is 11.5 Å². The summed E-state index contributed by atoms with van der Waals surface area (Å²) in [6.07, 6.45) is 4.47. The van der Waals surface area contributed by atoms with E-state index in [1.807, 2.05) is 12.1 Å². The van der Waals surface area contributed by atoms with Crippen molar-refractivity contribution in [1.82, 2.24) is 14.5 Å². The molecule has 194 valence electrons. The van der Waals surface area contributed by atoms with Gasteiger partial charge in [-0.3, -0.25) is 4.90 Å². The summed E-state index contributed by atoms with van der Waals surface area (Å²) in [5.41, 5.74) is 5.72. The fraction of sp³-hybridized carbons (Fsp3) is 0.344. The van der Waals surface area contributed by atoms with Crippen LogP contribution in [0, 0.1) is 0 Å². The number of aromatic hydroxyl groups is 1. The second-order valence-corrected chi connectivity index (χ2v) is 9.54. The number of benzene rings is 3. The zero-order valence-electron chi connectivity index (χ0n) is 22.4. The number of hydrogen-bond acceptors (Lipinski definition) is 4. The Labute approximate surface area is 221 Å². The van der Waals surface area contributed by atoms with Crippen molar-refractivity contribution < 1.29 is 9.84 Å². The standard InChI is InChI=1S/C32H39N3O2/c1-4-6-20-34(23-25-18-19-29(36)30(22-25)37-3)24-28-31(26-14-10-8-11-15-26)33-32(35(28)21-7-5-2)27-16-12-9-13-17-27/h8-19,22,36H,4-7,20-21,23-24H2,1-3H3. The molecule has 0 aliphatic carbocycles. The topological polar surface area (TPSA) is 50.5 Å². The first-order valence-corrected chi connectivity index (χ1v) is 13.4. The number of unbranched alkanes of at least 4 members (excludes halogenated alkanes) is 2. The third kappa shape index (κ3) is 6.60. The highest BCUT2D eigenvalue weighted by atomic mass is 16.5. The molecule has 0 radical (unpaired) electrons. The maximum atomic E-state index is 10.1. The summed E-state index contributed by atoms with van der Waals surface area (Å²) in [4.78, 5) is 7.76. The highest BCUT2D eigenvalue weighted by molar-refractivity contribution is 5.68. The minimum atomic E-state index is 0.169. The summed E-state index contributed by atoms with van der Waals surface area (Å²) in [5, 5.41) is 10.1. The van der Waals surface area contributed by atoms with Crippen molar-refractivity contribution in [3.63, 3.8) is 0 Å². The molecule has 3 aromatic carbocycles. The molecule has 0 saturated carbocycles. The van der Waals surface area contributed by atoms with E-state index in [4.69, 9.17) is 9.72 Å². The third-order valence-electron chi connectivity index (χ3n) is 6.74. The Balaban J connectivity index is 1.78. The maximum Gasteiger partial charge on any atom is 0.160 e. The quantitative estimate of drug-likeness (QED) is 0.207. The molecule has 0 aliphatic rings. The molecule has 37 heavy (non-hydrogen) atoms. The van der Waals surface area contributed by atoms with E-state index in [1.165, 1.54) is 5.69 Å². The van der Waals surface area contributed by atoms with Gasteiger partial charge in [0.2, 0.25) is 0 Å². The van der Waals surface area contributed by atoms with Gasteiger partial charge in [0.05, 0.1) is 18.5 Å². The number of nitrogens with zero attached hydrogens (tertiary/aromatic N) is 3. The zero-order valence-corrected chi connectivity index (χ0v) is 22.4. The molecule has 0 bridgehead atoms. The summed E-state index contributed by atoms with van der Waals surface area (Å²) in [6, 6.07) is 26.7. The average molecular weight is 498 g/mol. The van der Waals surface area contributed by atoms with Gasteiger partial charge in [-0.25, -0.2) is 4.98 Å². The second kappa shape index (κ2) is 13.1. The molecule has 0 saturated heterocycles. The van der Waals surface area contributed by atoms with Crippen LogP contribution in [0.4, 0.5) is 0 Å². The zero-order chi connectivity index (χ0) is 26.0. The normalized spacial score (nSPS) is 11.2. The van der Waals surface area contributed by atoms with Crippen LogP contribution in [0.25, 0.3) is 22.6 Å². The molecule has 4 aromatic rings. The number of ether oxygens (including phenoxy) is 1. The third-order valence-corrected chi connectivity index (χ3v) is 6.74. The number of phenolic OH excluding ortho intramolecular Hbond substituents is 1.